The number of benzene rings is 2. The Hall–Kier alpha value is -3.12. The number of ether oxygens (including phenoxy) is 1. The minimum atomic E-state index is -0.806. The lowest BCUT2D eigenvalue weighted by molar-refractivity contribution is -0.145. The number of carbonyl (C=O) groups excluding carboxylic acids is 3. The number of rotatable bonds is 7. The molecule has 0 aromatic heterocycles. The standard InChI is InChI=1S/C21H21ClN2O4/c1-14(17-10-6-7-11-18(17)22)23-20(26)13-28-21(27)19(24-15(2)25)12-16-8-4-3-5-9-16/h3-12,14H,13H2,1-2H3,(H,23,26)(H,24,25)/b19-12-/t14-/m1/s1. The van der Waals surface area contributed by atoms with E-state index in [2.05, 4.69) is 10.6 Å². The third-order valence-electron chi connectivity index (χ3n) is 3.72. The average molecular weight is 401 g/mol. The SMILES string of the molecule is CC(=O)N/C(=C\c1ccccc1)C(=O)OCC(=O)N[C@H](C)c1ccccc1Cl. The fourth-order valence-corrected chi connectivity index (χ4v) is 2.75. The molecular formula is C21H21ClN2O4. The summed E-state index contributed by atoms with van der Waals surface area (Å²) in [6.45, 7) is 2.57. The molecule has 146 valence electrons. The molecule has 0 saturated heterocycles. The molecule has 0 aliphatic rings. The molecule has 6 nitrogen and oxygen atoms in total. The molecule has 2 aromatic rings. The molecule has 0 aliphatic heterocycles. The van der Waals surface area contributed by atoms with Gasteiger partial charge in [0, 0.05) is 11.9 Å². The van der Waals surface area contributed by atoms with Gasteiger partial charge in [0.1, 0.15) is 5.70 Å². The van der Waals surface area contributed by atoms with Gasteiger partial charge in [-0.3, -0.25) is 9.59 Å². The maximum absolute atomic E-state index is 12.3. The van der Waals surface area contributed by atoms with Gasteiger partial charge in [-0.15, -0.1) is 0 Å². The van der Waals surface area contributed by atoms with E-state index in [0.29, 0.717) is 10.6 Å². The van der Waals surface area contributed by atoms with Gasteiger partial charge in [0.2, 0.25) is 5.91 Å². The lowest BCUT2D eigenvalue weighted by atomic mass is 10.1. The summed E-state index contributed by atoms with van der Waals surface area (Å²) < 4.78 is 5.04. The molecule has 0 bridgehead atoms. The summed E-state index contributed by atoms with van der Waals surface area (Å²) >= 11 is 6.11. The minimum Gasteiger partial charge on any atom is -0.451 e. The second-order valence-corrected chi connectivity index (χ2v) is 6.44. The smallest absolute Gasteiger partial charge is 0.355 e. The molecule has 2 N–H and O–H groups in total. The van der Waals surface area contributed by atoms with Gasteiger partial charge in [-0.2, -0.15) is 0 Å². The Bertz CT molecular complexity index is 881. The normalized spacial score (nSPS) is 12.0. The minimum absolute atomic E-state index is 0.0503. The van der Waals surface area contributed by atoms with Crippen molar-refractivity contribution >= 4 is 35.5 Å². The Morgan fingerprint density at radius 2 is 1.71 bits per heavy atom. The highest BCUT2D eigenvalue weighted by molar-refractivity contribution is 6.31. The third-order valence-corrected chi connectivity index (χ3v) is 4.07. The van der Waals surface area contributed by atoms with Crippen LogP contribution in [0.2, 0.25) is 5.02 Å². The molecule has 0 fully saturated rings. The van der Waals surface area contributed by atoms with Crippen LogP contribution in [0.3, 0.4) is 0 Å². The van der Waals surface area contributed by atoms with Crippen molar-refractivity contribution in [2.24, 2.45) is 0 Å². The average Bonchev–Trinajstić information content (AvgIpc) is 2.66. The Balaban J connectivity index is 1.98. The Kier molecular flexibility index (Phi) is 7.77. The molecule has 0 spiro atoms. The topological polar surface area (TPSA) is 84.5 Å². The number of nitrogens with one attached hydrogen (secondary N) is 2. The zero-order chi connectivity index (χ0) is 20.5. The van der Waals surface area contributed by atoms with E-state index in [-0.39, 0.29) is 11.7 Å². The van der Waals surface area contributed by atoms with Crippen LogP contribution < -0.4 is 10.6 Å². The van der Waals surface area contributed by atoms with Gasteiger partial charge in [-0.25, -0.2) is 4.79 Å². The number of esters is 1. The highest BCUT2D eigenvalue weighted by Crippen LogP contribution is 2.21. The predicted molar refractivity (Wildman–Crippen MR) is 107 cm³/mol. The first kappa shape index (κ1) is 21.2. The molecule has 1 atom stereocenters. The molecule has 2 amide bonds. The van der Waals surface area contributed by atoms with Crippen molar-refractivity contribution in [1.82, 2.24) is 10.6 Å². The van der Waals surface area contributed by atoms with Crippen molar-refractivity contribution in [2.75, 3.05) is 6.61 Å². The largest absolute Gasteiger partial charge is 0.451 e. The number of carbonyl (C=O) groups is 3. The quantitative estimate of drug-likeness (QED) is 0.552. The van der Waals surface area contributed by atoms with Crippen LogP contribution in [0, 0.1) is 0 Å². The second kappa shape index (κ2) is 10.3. The Labute approximate surface area is 168 Å². The van der Waals surface area contributed by atoms with Crippen LogP contribution >= 0.6 is 11.6 Å². The number of halogens is 1. The summed E-state index contributed by atoms with van der Waals surface area (Å²) in [5.74, 6) is -1.71. The van der Waals surface area contributed by atoms with Gasteiger partial charge >= 0.3 is 5.97 Å². The molecular weight excluding hydrogens is 380 g/mol. The van der Waals surface area contributed by atoms with E-state index >= 15 is 0 Å². The second-order valence-electron chi connectivity index (χ2n) is 6.04. The Morgan fingerprint density at radius 3 is 2.36 bits per heavy atom. The first-order chi connectivity index (χ1) is 13.4. The molecule has 0 heterocycles. The van der Waals surface area contributed by atoms with Gasteiger partial charge in [0.25, 0.3) is 5.91 Å². The fraction of sp³-hybridized carbons (Fsp3) is 0.190. The van der Waals surface area contributed by atoms with Crippen molar-refractivity contribution in [3.8, 4) is 0 Å². The number of amides is 2. The molecule has 7 heteroatoms. The zero-order valence-corrected chi connectivity index (χ0v) is 16.3. The summed E-state index contributed by atoms with van der Waals surface area (Å²) in [5, 5.41) is 5.67. The van der Waals surface area contributed by atoms with Crippen LogP contribution in [0.5, 0.6) is 0 Å². The summed E-state index contributed by atoms with van der Waals surface area (Å²) in [4.78, 5) is 35.8. The summed E-state index contributed by atoms with van der Waals surface area (Å²) in [6, 6.07) is 15.8. The third kappa shape index (κ3) is 6.55. The lowest BCUT2D eigenvalue weighted by Gasteiger charge is -2.16. The number of hydrogen-bond donors (Lipinski definition) is 2. The van der Waals surface area contributed by atoms with Crippen LogP contribution in [-0.4, -0.2) is 24.4 Å². The number of hydrogen-bond acceptors (Lipinski definition) is 4. The van der Waals surface area contributed by atoms with E-state index in [1.54, 1.807) is 49.4 Å². The molecule has 0 radical (unpaired) electrons. The molecule has 0 unspecified atom stereocenters. The fourth-order valence-electron chi connectivity index (χ4n) is 2.45. The van der Waals surface area contributed by atoms with Crippen molar-refractivity contribution < 1.29 is 19.1 Å². The van der Waals surface area contributed by atoms with Crippen LogP contribution in [0.25, 0.3) is 6.08 Å². The van der Waals surface area contributed by atoms with Crippen molar-refractivity contribution in [3.63, 3.8) is 0 Å². The molecule has 0 aliphatic carbocycles. The molecule has 0 saturated carbocycles. The highest BCUT2D eigenvalue weighted by Gasteiger charge is 2.17. The maximum Gasteiger partial charge on any atom is 0.355 e. The summed E-state index contributed by atoms with van der Waals surface area (Å²) in [6.07, 6.45) is 1.48. The summed E-state index contributed by atoms with van der Waals surface area (Å²) in [7, 11) is 0. The van der Waals surface area contributed by atoms with Gasteiger partial charge in [-0.1, -0.05) is 60.1 Å². The van der Waals surface area contributed by atoms with Crippen LogP contribution in [0.15, 0.2) is 60.3 Å². The van der Waals surface area contributed by atoms with Gasteiger partial charge in [0.15, 0.2) is 6.61 Å². The predicted octanol–water partition coefficient (Wildman–Crippen LogP) is 3.24. The first-order valence-electron chi connectivity index (χ1n) is 8.62. The van der Waals surface area contributed by atoms with E-state index in [1.807, 2.05) is 12.1 Å². The van der Waals surface area contributed by atoms with Crippen LogP contribution in [0.1, 0.15) is 31.0 Å². The molecule has 28 heavy (non-hydrogen) atoms. The van der Waals surface area contributed by atoms with Gasteiger partial charge < -0.3 is 15.4 Å². The van der Waals surface area contributed by atoms with Gasteiger partial charge in [0.05, 0.1) is 6.04 Å². The van der Waals surface area contributed by atoms with E-state index in [9.17, 15) is 14.4 Å². The maximum atomic E-state index is 12.3. The van der Waals surface area contributed by atoms with Crippen LogP contribution in [-0.2, 0) is 19.1 Å². The molecule has 2 aromatic carbocycles. The van der Waals surface area contributed by atoms with E-state index in [4.69, 9.17) is 16.3 Å². The van der Waals surface area contributed by atoms with E-state index < -0.39 is 24.4 Å². The van der Waals surface area contributed by atoms with Crippen molar-refractivity contribution in [3.05, 3.63) is 76.4 Å². The Morgan fingerprint density at radius 1 is 1.07 bits per heavy atom. The van der Waals surface area contributed by atoms with Crippen LogP contribution in [0.4, 0.5) is 0 Å². The van der Waals surface area contributed by atoms with E-state index in [1.165, 1.54) is 13.0 Å². The monoisotopic (exact) mass is 400 g/mol. The van der Waals surface area contributed by atoms with Crippen molar-refractivity contribution in [1.29, 1.82) is 0 Å². The summed E-state index contributed by atoms with van der Waals surface area (Å²) in [5.41, 5.74) is 1.41. The highest BCUT2D eigenvalue weighted by atomic mass is 35.5. The first-order valence-corrected chi connectivity index (χ1v) is 9.00. The zero-order valence-electron chi connectivity index (χ0n) is 15.6. The van der Waals surface area contributed by atoms with Gasteiger partial charge in [-0.05, 0) is 30.2 Å². The van der Waals surface area contributed by atoms with Crippen molar-refractivity contribution in [2.45, 2.75) is 19.9 Å². The lowest BCUT2D eigenvalue weighted by Crippen LogP contribution is -2.33. The van der Waals surface area contributed by atoms with E-state index in [0.717, 1.165) is 5.56 Å². The molecule has 2 rings (SSSR count).